The molecule has 0 spiro atoms. The quantitative estimate of drug-likeness (QED) is 0.386. The highest BCUT2D eigenvalue weighted by molar-refractivity contribution is 6.02. The number of nitrogens with zero attached hydrogens (tertiary/aromatic N) is 2. The van der Waals surface area contributed by atoms with Gasteiger partial charge in [0.25, 0.3) is 0 Å². The Bertz CT molecular complexity index is 816. The van der Waals surface area contributed by atoms with Crippen LogP contribution in [0, 0.1) is 12.7 Å². The van der Waals surface area contributed by atoms with Crippen molar-refractivity contribution in [3.8, 4) is 16.9 Å². The van der Waals surface area contributed by atoms with Crippen LogP contribution in [0.1, 0.15) is 11.1 Å². The number of rotatable bonds is 4. The van der Waals surface area contributed by atoms with Gasteiger partial charge in [0.05, 0.1) is 5.56 Å². The number of alkyl halides is 3. The van der Waals surface area contributed by atoms with Gasteiger partial charge in [-0.1, -0.05) is 18.2 Å². The van der Waals surface area contributed by atoms with Crippen molar-refractivity contribution in [1.29, 1.82) is 0 Å². The molecule has 0 bridgehead atoms. The number of aliphatic imine (C=N–C) groups is 1. The first-order valence-electron chi connectivity index (χ1n) is 7.13. The van der Waals surface area contributed by atoms with E-state index >= 15 is 0 Å². The van der Waals surface area contributed by atoms with Crippen LogP contribution in [0.4, 0.5) is 17.6 Å². The number of hydrogen-bond acceptors (Lipinski definition) is 3. The fourth-order valence-electron chi connectivity index (χ4n) is 2.29. The number of halogens is 4. The van der Waals surface area contributed by atoms with Gasteiger partial charge >= 0.3 is 6.36 Å². The minimum atomic E-state index is -4.84. The maximum absolute atomic E-state index is 14.4. The van der Waals surface area contributed by atoms with Gasteiger partial charge in [-0.25, -0.2) is 9.38 Å². The Kier molecular flexibility index (Phi) is 5.41. The zero-order valence-corrected chi connectivity index (χ0v) is 13.5. The average Bonchev–Trinajstić information content (AvgIpc) is 2.54. The van der Waals surface area contributed by atoms with Gasteiger partial charge in [0.2, 0.25) is 0 Å². The molecule has 0 aliphatic heterocycles. The van der Waals surface area contributed by atoms with Crippen molar-refractivity contribution in [2.45, 2.75) is 13.3 Å². The molecule has 0 aromatic heterocycles. The van der Waals surface area contributed by atoms with E-state index in [9.17, 15) is 17.6 Å². The summed E-state index contributed by atoms with van der Waals surface area (Å²) in [4.78, 5) is 3.65. The van der Waals surface area contributed by atoms with Gasteiger partial charge in [-0.15, -0.1) is 13.2 Å². The van der Waals surface area contributed by atoms with E-state index in [4.69, 9.17) is 0 Å². The summed E-state index contributed by atoms with van der Waals surface area (Å²) >= 11 is 0. The lowest BCUT2D eigenvalue weighted by Crippen LogP contribution is -2.17. The largest absolute Gasteiger partial charge is 0.573 e. The summed E-state index contributed by atoms with van der Waals surface area (Å²) in [5, 5.41) is 3.82. The fourth-order valence-corrected chi connectivity index (χ4v) is 2.29. The van der Waals surface area contributed by atoms with Gasteiger partial charge in [-0.3, -0.25) is 0 Å². The summed E-state index contributed by atoms with van der Waals surface area (Å²) in [6.07, 6.45) is -4.84. The predicted octanol–water partition coefficient (Wildman–Crippen LogP) is 4.28. The lowest BCUT2D eigenvalue weighted by atomic mass is 9.98. The molecule has 132 valence electrons. The molecule has 0 amide bonds. The maximum atomic E-state index is 14.4. The molecule has 0 saturated heterocycles. The summed E-state index contributed by atoms with van der Waals surface area (Å²) in [5.41, 5.74) is 3.22. The second-order valence-electron chi connectivity index (χ2n) is 5.02. The highest BCUT2D eigenvalue weighted by Crippen LogP contribution is 2.35. The van der Waals surface area contributed by atoms with Crippen LogP contribution < -0.4 is 10.2 Å². The zero-order chi connectivity index (χ0) is 18.6. The smallest absolute Gasteiger partial charge is 0.405 e. The summed E-state index contributed by atoms with van der Waals surface area (Å²) in [6.45, 7) is 4.83. The van der Waals surface area contributed by atoms with Crippen molar-refractivity contribution >= 4 is 12.6 Å². The van der Waals surface area contributed by atoms with Crippen molar-refractivity contribution < 1.29 is 22.3 Å². The van der Waals surface area contributed by atoms with Crippen LogP contribution >= 0.6 is 0 Å². The van der Waals surface area contributed by atoms with Crippen LogP contribution in [0.5, 0.6) is 5.75 Å². The van der Waals surface area contributed by atoms with Gasteiger partial charge in [0, 0.05) is 12.6 Å². The molecule has 1 N–H and O–H groups in total. The van der Waals surface area contributed by atoms with Crippen molar-refractivity contribution in [2.75, 3.05) is 7.05 Å². The second-order valence-corrected chi connectivity index (χ2v) is 5.02. The Labute approximate surface area is 141 Å². The Morgan fingerprint density at radius 2 is 1.88 bits per heavy atom. The van der Waals surface area contributed by atoms with Crippen LogP contribution in [0.25, 0.3) is 11.1 Å². The van der Waals surface area contributed by atoms with Crippen molar-refractivity contribution in [2.24, 2.45) is 10.1 Å². The SMILES string of the molecule is C=N/C(=N\NC)c1cc(-c2ccccc2OC(F)(F)F)cc(C)c1F. The molecule has 0 unspecified atom stereocenters. The van der Waals surface area contributed by atoms with Gasteiger partial charge in [0.15, 0.2) is 5.84 Å². The Hall–Kier alpha value is -2.90. The Balaban J connectivity index is 2.64. The first-order chi connectivity index (χ1) is 11.8. The van der Waals surface area contributed by atoms with E-state index in [1.54, 1.807) is 6.07 Å². The fraction of sp³-hybridized carbons (Fsp3) is 0.176. The standard InChI is InChI=1S/C17H15F4N3O/c1-10-8-11(9-13(15(10)18)16(22-2)24-23-3)12-6-4-5-7-14(12)25-17(19,20)21/h4-9,23H,2H2,1,3H3/b24-16-. The number of nitrogens with one attached hydrogen (secondary N) is 1. The van der Waals surface area contributed by atoms with E-state index in [0.29, 0.717) is 5.56 Å². The third-order valence-electron chi connectivity index (χ3n) is 3.29. The van der Waals surface area contributed by atoms with E-state index < -0.39 is 12.2 Å². The van der Waals surface area contributed by atoms with Crippen LogP contribution in [-0.2, 0) is 0 Å². The van der Waals surface area contributed by atoms with E-state index in [2.05, 4.69) is 27.0 Å². The highest BCUT2D eigenvalue weighted by Gasteiger charge is 2.32. The molecule has 0 heterocycles. The molecule has 0 radical (unpaired) electrons. The summed E-state index contributed by atoms with van der Waals surface area (Å²) in [5.74, 6) is -0.982. The van der Waals surface area contributed by atoms with Crippen LogP contribution in [0.2, 0.25) is 0 Å². The normalized spacial score (nSPS) is 12.0. The minimum Gasteiger partial charge on any atom is -0.405 e. The number of ether oxygens (including phenoxy) is 1. The molecule has 0 aliphatic carbocycles. The Morgan fingerprint density at radius 3 is 2.48 bits per heavy atom. The number of aryl methyl sites for hydroxylation is 1. The predicted molar refractivity (Wildman–Crippen MR) is 88.4 cm³/mol. The molecule has 0 saturated carbocycles. The van der Waals surface area contributed by atoms with Crippen LogP contribution in [-0.4, -0.2) is 26.0 Å². The molecule has 2 aromatic carbocycles. The van der Waals surface area contributed by atoms with Crippen molar-refractivity contribution in [3.05, 3.63) is 53.3 Å². The molecule has 4 nitrogen and oxygen atoms in total. The van der Waals surface area contributed by atoms with E-state index in [1.165, 1.54) is 44.3 Å². The van der Waals surface area contributed by atoms with Gasteiger partial charge < -0.3 is 10.2 Å². The molecule has 8 heteroatoms. The van der Waals surface area contributed by atoms with Crippen molar-refractivity contribution in [3.63, 3.8) is 0 Å². The number of hydrogen-bond donors (Lipinski definition) is 1. The number of hydrazone groups is 1. The molecular weight excluding hydrogens is 338 g/mol. The molecule has 0 fully saturated rings. The molecular formula is C17H15F4N3O. The third-order valence-corrected chi connectivity index (χ3v) is 3.29. The zero-order valence-electron chi connectivity index (χ0n) is 13.5. The van der Waals surface area contributed by atoms with E-state index in [0.717, 1.165) is 0 Å². The molecule has 2 aromatic rings. The summed E-state index contributed by atoms with van der Waals surface area (Å²) in [6, 6.07) is 8.40. The number of benzene rings is 2. The van der Waals surface area contributed by atoms with Crippen molar-refractivity contribution in [1.82, 2.24) is 5.43 Å². The number of amidine groups is 1. The van der Waals surface area contributed by atoms with Gasteiger partial charge in [-0.2, -0.15) is 5.10 Å². The first-order valence-corrected chi connectivity index (χ1v) is 7.13. The molecule has 0 atom stereocenters. The molecule has 25 heavy (non-hydrogen) atoms. The molecule has 0 aliphatic rings. The third kappa shape index (κ3) is 4.34. The monoisotopic (exact) mass is 353 g/mol. The highest BCUT2D eigenvalue weighted by atomic mass is 19.4. The lowest BCUT2D eigenvalue weighted by molar-refractivity contribution is -0.274. The molecule has 2 rings (SSSR count). The number of para-hydroxylation sites is 1. The maximum Gasteiger partial charge on any atom is 0.573 e. The summed E-state index contributed by atoms with van der Waals surface area (Å²) in [7, 11) is 1.51. The Morgan fingerprint density at radius 1 is 1.20 bits per heavy atom. The van der Waals surface area contributed by atoms with Crippen LogP contribution in [0.15, 0.2) is 46.5 Å². The van der Waals surface area contributed by atoms with E-state index in [-0.39, 0.29) is 28.3 Å². The first kappa shape index (κ1) is 18.4. The summed E-state index contributed by atoms with van der Waals surface area (Å²) < 4.78 is 56.3. The second kappa shape index (κ2) is 7.33. The van der Waals surface area contributed by atoms with E-state index in [1.807, 2.05) is 0 Å². The average molecular weight is 353 g/mol. The minimum absolute atomic E-state index is 0.0147. The van der Waals surface area contributed by atoms with Gasteiger partial charge in [0.1, 0.15) is 11.6 Å². The van der Waals surface area contributed by atoms with Gasteiger partial charge in [-0.05, 0) is 43.0 Å². The lowest BCUT2D eigenvalue weighted by Gasteiger charge is -2.15. The topological polar surface area (TPSA) is 46.0 Å². The van der Waals surface area contributed by atoms with Crippen LogP contribution in [0.3, 0.4) is 0 Å².